The van der Waals surface area contributed by atoms with Crippen LogP contribution in [0.3, 0.4) is 0 Å². The Labute approximate surface area is 214 Å². The van der Waals surface area contributed by atoms with Crippen LogP contribution in [0.1, 0.15) is 17.5 Å². The lowest BCUT2D eigenvalue weighted by atomic mass is 10.1. The largest absolute Gasteiger partial charge is 0.361 e. The van der Waals surface area contributed by atoms with Gasteiger partial charge in [-0.05, 0) is 61.4 Å². The third-order valence-corrected chi connectivity index (χ3v) is 8.63. The highest BCUT2D eigenvalue weighted by molar-refractivity contribution is 7.89. The van der Waals surface area contributed by atoms with Crippen LogP contribution in [0.4, 0.5) is 5.69 Å². The van der Waals surface area contributed by atoms with E-state index in [1.807, 2.05) is 49.5 Å². The molecule has 1 aliphatic rings. The van der Waals surface area contributed by atoms with E-state index < -0.39 is 27.9 Å². The average Bonchev–Trinajstić information content (AvgIpc) is 3.40. The third-order valence-electron chi connectivity index (χ3n) is 6.46. The number of H-pyrrole nitrogens is 1. The number of aryl methyl sites for hydroxylation is 1. The van der Waals surface area contributed by atoms with Crippen LogP contribution in [0.25, 0.3) is 10.9 Å². The van der Waals surface area contributed by atoms with Crippen LogP contribution in [0.15, 0.2) is 83.9 Å². The van der Waals surface area contributed by atoms with Crippen molar-refractivity contribution in [3.63, 3.8) is 0 Å². The zero-order valence-electron chi connectivity index (χ0n) is 19.5. The predicted molar refractivity (Wildman–Crippen MR) is 139 cm³/mol. The molecule has 1 atom stereocenters. The smallest absolute Gasteiger partial charge is 0.252 e. The lowest BCUT2D eigenvalue weighted by Gasteiger charge is -2.27. The number of carbonyl (C=O) groups is 2. The number of nitrogens with zero attached hydrogens (tertiary/aromatic N) is 2. The molecule has 3 aromatic carbocycles. The molecule has 0 saturated carbocycles. The van der Waals surface area contributed by atoms with E-state index in [0.717, 1.165) is 31.2 Å². The number of aromatic amines is 1. The quantitative estimate of drug-likeness (QED) is 0.357. The summed E-state index contributed by atoms with van der Waals surface area (Å²) in [6.07, 6.45) is 1.98. The van der Waals surface area contributed by atoms with E-state index >= 15 is 0 Å². The minimum absolute atomic E-state index is 0.0138. The fraction of sp³-hybridized carbons (Fsp3) is 0.185. The first-order chi connectivity index (χ1) is 17.3. The summed E-state index contributed by atoms with van der Waals surface area (Å²) in [7, 11) is -4.11. The van der Waals surface area contributed by atoms with Crippen molar-refractivity contribution in [3.8, 4) is 0 Å². The summed E-state index contributed by atoms with van der Waals surface area (Å²) in [5.41, 5.74) is 3.28. The molecule has 4 aromatic rings. The number of imide groups is 1. The molecule has 9 heteroatoms. The third kappa shape index (κ3) is 4.43. The topological polar surface area (TPSA) is 90.6 Å². The second-order valence-electron chi connectivity index (χ2n) is 8.80. The molecule has 2 heterocycles. The number of anilines is 1. The Kier molecular flexibility index (Phi) is 6.42. The maximum Gasteiger partial charge on any atom is 0.252 e. The van der Waals surface area contributed by atoms with Crippen LogP contribution in [-0.2, 0) is 26.0 Å². The van der Waals surface area contributed by atoms with Crippen LogP contribution in [-0.4, -0.2) is 42.1 Å². The fourth-order valence-electron chi connectivity index (χ4n) is 4.56. The monoisotopic (exact) mass is 521 g/mol. The molecule has 1 fully saturated rings. The maximum absolute atomic E-state index is 13.8. The first-order valence-corrected chi connectivity index (χ1v) is 13.3. The van der Waals surface area contributed by atoms with Gasteiger partial charge in [-0.25, -0.2) is 13.3 Å². The number of halogens is 1. The number of hydrogen-bond acceptors (Lipinski definition) is 4. The molecular formula is C27H24ClN3O4S. The van der Waals surface area contributed by atoms with Crippen molar-refractivity contribution in [1.82, 2.24) is 9.29 Å². The van der Waals surface area contributed by atoms with E-state index in [-0.39, 0.29) is 17.9 Å². The minimum atomic E-state index is -4.11. The molecular weight excluding hydrogens is 498 g/mol. The van der Waals surface area contributed by atoms with Gasteiger partial charge >= 0.3 is 0 Å². The number of aromatic nitrogens is 1. The van der Waals surface area contributed by atoms with Gasteiger partial charge in [-0.3, -0.25) is 9.59 Å². The van der Waals surface area contributed by atoms with E-state index in [2.05, 4.69) is 4.98 Å². The molecule has 0 aliphatic carbocycles. The van der Waals surface area contributed by atoms with Crippen molar-refractivity contribution in [2.45, 2.75) is 30.7 Å². The van der Waals surface area contributed by atoms with E-state index in [1.165, 1.54) is 24.3 Å². The molecule has 7 nitrogen and oxygen atoms in total. The Hall–Kier alpha value is -3.46. The number of rotatable bonds is 7. The van der Waals surface area contributed by atoms with Crippen LogP contribution < -0.4 is 4.90 Å². The number of hydrogen-bond donors (Lipinski definition) is 1. The van der Waals surface area contributed by atoms with Gasteiger partial charge in [0.05, 0.1) is 17.0 Å². The Morgan fingerprint density at radius 1 is 1.00 bits per heavy atom. The molecule has 0 spiro atoms. The van der Waals surface area contributed by atoms with Gasteiger partial charge in [-0.1, -0.05) is 47.5 Å². The molecule has 184 valence electrons. The molecule has 36 heavy (non-hydrogen) atoms. The Morgan fingerprint density at radius 2 is 1.69 bits per heavy atom. The number of fused-ring (bicyclic) bond motifs is 1. The van der Waals surface area contributed by atoms with E-state index in [0.29, 0.717) is 17.1 Å². The summed E-state index contributed by atoms with van der Waals surface area (Å²) in [5, 5.41) is 1.38. The van der Waals surface area contributed by atoms with Gasteiger partial charge in [0.15, 0.2) is 0 Å². The molecule has 1 aliphatic heterocycles. The summed E-state index contributed by atoms with van der Waals surface area (Å²) in [6, 6.07) is 19.4. The van der Waals surface area contributed by atoms with Crippen molar-refractivity contribution in [3.05, 3.63) is 95.1 Å². The van der Waals surface area contributed by atoms with Gasteiger partial charge in [-0.15, -0.1) is 0 Å². The van der Waals surface area contributed by atoms with E-state index in [9.17, 15) is 18.0 Å². The van der Waals surface area contributed by atoms with Crippen LogP contribution in [0.2, 0.25) is 5.02 Å². The van der Waals surface area contributed by atoms with E-state index in [1.54, 1.807) is 12.1 Å². The van der Waals surface area contributed by atoms with Crippen molar-refractivity contribution in [2.75, 3.05) is 11.4 Å². The lowest BCUT2D eigenvalue weighted by molar-refractivity contribution is -0.122. The van der Waals surface area contributed by atoms with Gasteiger partial charge in [-0.2, -0.15) is 4.31 Å². The second kappa shape index (κ2) is 9.54. The van der Waals surface area contributed by atoms with Gasteiger partial charge in [0.1, 0.15) is 6.04 Å². The van der Waals surface area contributed by atoms with Crippen LogP contribution >= 0.6 is 11.6 Å². The summed E-state index contributed by atoms with van der Waals surface area (Å²) in [5.74, 6) is -0.988. The molecule has 1 aromatic heterocycles. The molecule has 1 saturated heterocycles. The Bertz CT molecular complexity index is 1550. The number of amides is 2. The number of sulfonamides is 1. The second-order valence-corrected chi connectivity index (χ2v) is 11.1. The number of benzene rings is 3. The summed E-state index contributed by atoms with van der Waals surface area (Å²) >= 11 is 5.98. The van der Waals surface area contributed by atoms with Gasteiger partial charge in [0, 0.05) is 28.7 Å². The minimum Gasteiger partial charge on any atom is -0.361 e. The summed E-state index contributed by atoms with van der Waals surface area (Å²) in [6.45, 7) is 1.93. The van der Waals surface area contributed by atoms with Crippen molar-refractivity contribution in [1.29, 1.82) is 0 Å². The van der Waals surface area contributed by atoms with Crippen molar-refractivity contribution in [2.24, 2.45) is 0 Å². The highest BCUT2D eigenvalue weighted by Crippen LogP contribution is 2.30. The standard InChI is InChI=1S/C27H24ClN3O4S/c1-18-6-10-21(11-7-18)31-26(32)16-25(27(31)33)30(36(34,35)22-12-8-20(28)9-13-22)15-14-19-17-29-24-5-3-2-4-23(19)24/h2-13,17,25,29H,14-16H2,1H3. The van der Waals surface area contributed by atoms with Crippen LogP contribution in [0.5, 0.6) is 0 Å². The zero-order valence-corrected chi connectivity index (χ0v) is 21.1. The molecule has 0 radical (unpaired) electrons. The normalized spacial score (nSPS) is 16.4. The molecule has 5 rings (SSSR count). The number of carbonyl (C=O) groups excluding carboxylic acids is 2. The molecule has 1 N–H and O–H groups in total. The number of nitrogens with one attached hydrogen (secondary N) is 1. The lowest BCUT2D eigenvalue weighted by Crippen LogP contribution is -2.46. The average molecular weight is 522 g/mol. The summed E-state index contributed by atoms with van der Waals surface area (Å²) < 4.78 is 28.7. The van der Waals surface area contributed by atoms with Crippen LogP contribution in [0, 0.1) is 6.92 Å². The zero-order chi connectivity index (χ0) is 25.4. The first kappa shape index (κ1) is 24.2. The van der Waals surface area contributed by atoms with Gasteiger partial charge in [0.25, 0.3) is 5.91 Å². The van der Waals surface area contributed by atoms with E-state index in [4.69, 9.17) is 11.6 Å². The first-order valence-electron chi connectivity index (χ1n) is 11.5. The van der Waals surface area contributed by atoms with Gasteiger partial charge < -0.3 is 4.98 Å². The SMILES string of the molecule is Cc1ccc(N2C(=O)CC(N(CCc3c[nH]c4ccccc34)S(=O)(=O)c3ccc(Cl)cc3)C2=O)cc1. The summed E-state index contributed by atoms with van der Waals surface area (Å²) in [4.78, 5) is 30.8. The molecule has 2 amide bonds. The van der Waals surface area contributed by atoms with Gasteiger partial charge in [0.2, 0.25) is 15.9 Å². The predicted octanol–water partition coefficient (Wildman–Crippen LogP) is 4.70. The van der Waals surface area contributed by atoms with Crippen molar-refractivity contribution < 1.29 is 18.0 Å². The highest BCUT2D eigenvalue weighted by Gasteiger charge is 2.46. The maximum atomic E-state index is 13.8. The molecule has 1 unspecified atom stereocenters. The Morgan fingerprint density at radius 3 is 2.42 bits per heavy atom. The fourth-order valence-corrected chi connectivity index (χ4v) is 6.27. The number of para-hydroxylation sites is 1. The van der Waals surface area contributed by atoms with Crippen molar-refractivity contribution >= 4 is 50.0 Å². The highest BCUT2D eigenvalue weighted by atomic mass is 35.5. The molecule has 0 bridgehead atoms. The Balaban J connectivity index is 1.51.